The molecule has 6 nitrogen and oxygen atoms in total. The highest BCUT2D eigenvalue weighted by atomic mass is 16.5. The third-order valence-corrected chi connectivity index (χ3v) is 5.35. The molecule has 0 bridgehead atoms. The molecule has 1 atom stereocenters. The number of piperazine rings is 1. The van der Waals surface area contributed by atoms with E-state index in [0.29, 0.717) is 51.7 Å². The van der Waals surface area contributed by atoms with Crippen molar-refractivity contribution in [3.05, 3.63) is 0 Å². The summed E-state index contributed by atoms with van der Waals surface area (Å²) in [7, 11) is 0. The standard InChI is InChI=1S/C17H29N3O3/c21-16(12-14-4-2-1-3-5-14)19-7-9-20(10-8-19)17(22)15-13-23-11-6-18-15/h14-15,18H,1-13H2. The normalized spacial score (nSPS) is 27.0. The number of hydrogen-bond donors (Lipinski definition) is 1. The van der Waals surface area contributed by atoms with Crippen molar-refractivity contribution in [1.82, 2.24) is 15.1 Å². The zero-order chi connectivity index (χ0) is 16.1. The molecule has 23 heavy (non-hydrogen) atoms. The minimum absolute atomic E-state index is 0.115. The van der Waals surface area contributed by atoms with Gasteiger partial charge in [0.25, 0.3) is 0 Å². The van der Waals surface area contributed by atoms with Crippen LogP contribution in [0.15, 0.2) is 0 Å². The van der Waals surface area contributed by atoms with Gasteiger partial charge in [0.2, 0.25) is 11.8 Å². The molecular formula is C17H29N3O3. The first kappa shape index (κ1) is 16.7. The Morgan fingerprint density at radius 3 is 2.35 bits per heavy atom. The van der Waals surface area contributed by atoms with E-state index in [4.69, 9.17) is 4.74 Å². The smallest absolute Gasteiger partial charge is 0.242 e. The average Bonchev–Trinajstić information content (AvgIpc) is 2.63. The molecule has 3 rings (SSSR count). The zero-order valence-electron chi connectivity index (χ0n) is 14.0. The Morgan fingerprint density at radius 1 is 1.00 bits per heavy atom. The molecule has 1 N–H and O–H groups in total. The number of amides is 2. The van der Waals surface area contributed by atoms with E-state index < -0.39 is 0 Å². The average molecular weight is 323 g/mol. The van der Waals surface area contributed by atoms with Crippen molar-refractivity contribution in [3.8, 4) is 0 Å². The van der Waals surface area contributed by atoms with Crippen molar-refractivity contribution < 1.29 is 14.3 Å². The van der Waals surface area contributed by atoms with Crippen LogP contribution >= 0.6 is 0 Å². The molecule has 6 heteroatoms. The van der Waals surface area contributed by atoms with Crippen LogP contribution in [0.4, 0.5) is 0 Å². The molecule has 1 saturated carbocycles. The fourth-order valence-corrected chi connectivity index (χ4v) is 3.89. The summed E-state index contributed by atoms with van der Waals surface area (Å²) in [5, 5.41) is 3.21. The Kier molecular flexibility index (Phi) is 5.89. The summed E-state index contributed by atoms with van der Waals surface area (Å²) in [4.78, 5) is 28.7. The highest BCUT2D eigenvalue weighted by molar-refractivity contribution is 5.83. The number of carbonyl (C=O) groups excluding carboxylic acids is 2. The first-order chi connectivity index (χ1) is 11.2. The van der Waals surface area contributed by atoms with E-state index in [-0.39, 0.29) is 17.9 Å². The van der Waals surface area contributed by atoms with Gasteiger partial charge in [0.1, 0.15) is 6.04 Å². The molecule has 2 aliphatic heterocycles. The second kappa shape index (κ2) is 8.11. The van der Waals surface area contributed by atoms with Crippen molar-refractivity contribution in [1.29, 1.82) is 0 Å². The van der Waals surface area contributed by atoms with Crippen molar-refractivity contribution in [2.75, 3.05) is 45.9 Å². The van der Waals surface area contributed by atoms with Gasteiger partial charge in [0.05, 0.1) is 13.2 Å². The molecule has 1 aliphatic carbocycles. The van der Waals surface area contributed by atoms with Gasteiger partial charge in [0.15, 0.2) is 0 Å². The molecule has 0 radical (unpaired) electrons. The van der Waals surface area contributed by atoms with Crippen LogP contribution in [0.2, 0.25) is 0 Å². The Balaban J connectivity index is 1.42. The van der Waals surface area contributed by atoms with E-state index >= 15 is 0 Å². The Hall–Kier alpha value is -1.14. The molecule has 1 unspecified atom stereocenters. The molecule has 2 amide bonds. The van der Waals surface area contributed by atoms with Crippen LogP contribution < -0.4 is 5.32 Å². The number of nitrogens with one attached hydrogen (secondary N) is 1. The topological polar surface area (TPSA) is 61.9 Å². The summed E-state index contributed by atoms with van der Waals surface area (Å²) in [5.41, 5.74) is 0. The zero-order valence-corrected chi connectivity index (χ0v) is 14.0. The predicted octanol–water partition coefficient (Wildman–Crippen LogP) is 0.616. The number of nitrogens with zero attached hydrogens (tertiary/aromatic N) is 2. The number of ether oxygens (including phenoxy) is 1. The van der Waals surface area contributed by atoms with Gasteiger partial charge in [-0.1, -0.05) is 19.3 Å². The Labute approximate surface area is 138 Å². The monoisotopic (exact) mass is 323 g/mol. The fourth-order valence-electron chi connectivity index (χ4n) is 3.89. The molecule has 3 aliphatic rings. The van der Waals surface area contributed by atoms with Crippen LogP contribution in [-0.2, 0) is 14.3 Å². The van der Waals surface area contributed by atoms with Crippen molar-refractivity contribution >= 4 is 11.8 Å². The number of hydrogen-bond acceptors (Lipinski definition) is 4. The molecular weight excluding hydrogens is 294 g/mol. The Bertz CT molecular complexity index is 409. The van der Waals surface area contributed by atoms with Crippen LogP contribution in [0.25, 0.3) is 0 Å². The third kappa shape index (κ3) is 4.44. The second-order valence-corrected chi connectivity index (χ2v) is 7.00. The van der Waals surface area contributed by atoms with Crippen molar-refractivity contribution in [2.24, 2.45) is 5.92 Å². The van der Waals surface area contributed by atoms with E-state index in [0.717, 1.165) is 6.54 Å². The van der Waals surface area contributed by atoms with Crippen LogP contribution in [-0.4, -0.2) is 73.6 Å². The van der Waals surface area contributed by atoms with Crippen LogP contribution in [0.5, 0.6) is 0 Å². The van der Waals surface area contributed by atoms with Gasteiger partial charge in [-0.25, -0.2) is 0 Å². The molecule has 0 aromatic rings. The molecule has 2 heterocycles. The maximum Gasteiger partial charge on any atom is 0.242 e. The number of rotatable bonds is 3. The minimum Gasteiger partial charge on any atom is -0.378 e. The van der Waals surface area contributed by atoms with E-state index in [2.05, 4.69) is 5.32 Å². The number of morpholine rings is 1. The quantitative estimate of drug-likeness (QED) is 0.827. The first-order valence-corrected chi connectivity index (χ1v) is 9.12. The van der Waals surface area contributed by atoms with Gasteiger partial charge in [-0.2, -0.15) is 0 Å². The Morgan fingerprint density at radius 2 is 1.70 bits per heavy atom. The van der Waals surface area contributed by atoms with Gasteiger partial charge in [-0.15, -0.1) is 0 Å². The lowest BCUT2D eigenvalue weighted by atomic mass is 9.86. The van der Waals surface area contributed by atoms with Crippen molar-refractivity contribution in [3.63, 3.8) is 0 Å². The van der Waals surface area contributed by atoms with Crippen LogP contribution in [0.1, 0.15) is 38.5 Å². The highest BCUT2D eigenvalue weighted by Gasteiger charge is 2.30. The van der Waals surface area contributed by atoms with Crippen LogP contribution in [0.3, 0.4) is 0 Å². The van der Waals surface area contributed by atoms with Gasteiger partial charge in [-0.05, 0) is 18.8 Å². The summed E-state index contributed by atoms with van der Waals surface area (Å²) in [6.07, 6.45) is 6.98. The van der Waals surface area contributed by atoms with Crippen molar-refractivity contribution in [2.45, 2.75) is 44.6 Å². The molecule has 0 aromatic heterocycles. The third-order valence-electron chi connectivity index (χ3n) is 5.35. The maximum atomic E-state index is 12.4. The summed E-state index contributed by atoms with van der Waals surface area (Å²) in [6.45, 7) is 4.50. The molecule has 0 aromatic carbocycles. The largest absolute Gasteiger partial charge is 0.378 e. The van der Waals surface area contributed by atoms with Gasteiger partial charge < -0.3 is 19.9 Å². The predicted molar refractivity (Wildman–Crippen MR) is 87.0 cm³/mol. The van der Waals surface area contributed by atoms with E-state index in [1.807, 2.05) is 9.80 Å². The molecule has 0 spiro atoms. The lowest BCUT2D eigenvalue weighted by molar-refractivity contribution is -0.143. The van der Waals surface area contributed by atoms with E-state index in [1.54, 1.807) is 0 Å². The summed E-state index contributed by atoms with van der Waals surface area (Å²) < 4.78 is 5.36. The van der Waals surface area contributed by atoms with E-state index in [9.17, 15) is 9.59 Å². The minimum atomic E-state index is -0.215. The summed E-state index contributed by atoms with van der Waals surface area (Å²) in [6, 6.07) is -0.215. The summed E-state index contributed by atoms with van der Waals surface area (Å²) in [5.74, 6) is 0.978. The summed E-state index contributed by atoms with van der Waals surface area (Å²) >= 11 is 0. The maximum absolute atomic E-state index is 12.4. The highest BCUT2D eigenvalue weighted by Crippen LogP contribution is 2.27. The molecule has 3 fully saturated rings. The lowest BCUT2D eigenvalue weighted by Gasteiger charge is -2.37. The van der Waals surface area contributed by atoms with Gasteiger partial charge in [0, 0.05) is 39.1 Å². The fraction of sp³-hybridized carbons (Fsp3) is 0.882. The van der Waals surface area contributed by atoms with Gasteiger partial charge in [-0.3, -0.25) is 9.59 Å². The second-order valence-electron chi connectivity index (χ2n) is 7.00. The molecule has 2 saturated heterocycles. The molecule has 130 valence electrons. The van der Waals surface area contributed by atoms with Crippen LogP contribution in [0, 0.1) is 5.92 Å². The number of carbonyl (C=O) groups is 2. The van der Waals surface area contributed by atoms with Gasteiger partial charge >= 0.3 is 0 Å². The lowest BCUT2D eigenvalue weighted by Crippen LogP contribution is -2.57. The first-order valence-electron chi connectivity index (χ1n) is 9.12. The van der Waals surface area contributed by atoms with E-state index in [1.165, 1.54) is 32.1 Å². The SMILES string of the molecule is O=C(CC1CCCCC1)N1CCN(C(=O)C2COCCN2)CC1.